The molecule has 252 valence electrons. The van der Waals surface area contributed by atoms with Gasteiger partial charge in [-0.3, -0.25) is 14.6 Å². The topological polar surface area (TPSA) is 90.0 Å². The summed E-state index contributed by atoms with van der Waals surface area (Å²) >= 11 is 6.13. The Bertz CT molecular complexity index is 1630. The number of carbonyl (C=O) groups excluding carboxylic acids is 1. The van der Waals surface area contributed by atoms with E-state index in [0.29, 0.717) is 35.8 Å². The van der Waals surface area contributed by atoms with Crippen LogP contribution in [0.3, 0.4) is 0 Å². The number of carbonyl (C=O) groups is 1. The quantitative estimate of drug-likeness (QED) is 0.308. The maximum atomic E-state index is 13.4. The second-order valence-corrected chi connectivity index (χ2v) is 16.1. The number of aromatic nitrogens is 2. The molecule has 6 rings (SSSR count). The molecule has 3 fully saturated rings. The molecule has 1 aromatic heterocycles. The molecule has 0 unspecified atom stereocenters. The van der Waals surface area contributed by atoms with Crippen LogP contribution in [0.1, 0.15) is 72.8 Å². The van der Waals surface area contributed by atoms with E-state index in [0.717, 1.165) is 82.6 Å². The fraction of sp³-hybridized carbons (Fsp3) is 0.528. The van der Waals surface area contributed by atoms with Crippen molar-refractivity contribution in [3.63, 3.8) is 0 Å². The van der Waals surface area contributed by atoms with Crippen LogP contribution >= 0.6 is 11.6 Å². The first-order valence-corrected chi connectivity index (χ1v) is 18.7. The van der Waals surface area contributed by atoms with Gasteiger partial charge in [0.1, 0.15) is 6.33 Å². The number of hydrogen-bond donors (Lipinski definition) is 0. The molecule has 2 aromatic carbocycles. The van der Waals surface area contributed by atoms with Crippen molar-refractivity contribution in [1.29, 1.82) is 0 Å². The van der Waals surface area contributed by atoms with Crippen molar-refractivity contribution >= 4 is 27.5 Å². The normalized spacial score (nSPS) is 20.5. The zero-order valence-electron chi connectivity index (χ0n) is 27.8. The molecule has 3 aromatic rings. The number of nitrogens with zero attached hydrogens (tertiary/aromatic N) is 6. The van der Waals surface area contributed by atoms with Gasteiger partial charge in [0, 0.05) is 68.5 Å². The summed E-state index contributed by atoms with van der Waals surface area (Å²) in [5.74, 6) is 0.0457. The van der Waals surface area contributed by atoms with Gasteiger partial charge in [-0.25, -0.2) is 18.4 Å². The summed E-state index contributed by atoms with van der Waals surface area (Å²) in [6.45, 7) is 11.5. The fourth-order valence-electron chi connectivity index (χ4n) is 7.85. The number of halogens is 1. The van der Waals surface area contributed by atoms with E-state index >= 15 is 0 Å². The monoisotopic (exact) mass is 678 g/mol. The van der Waals surface area contributed by atoms with Gasteiger partial charge in [-0.2, -0.15) is 4.31 Å². The van der Waals surface area contributed by atoms with E-state index in [1.54, 1.807) is 28.6 Å². The zero-order valence-corrected chi connectivity index (χ0v) is 29.4. The Balaban J connectivity index is 1.08. The van der Waals surface area contributed by atoms with Crippen LogP contribution in [-0.2, 0) is 16.6 Å². The minimum absolute atomic E-state index is 0.0457. The molecule has 3 saturated heterocycles. The van der Waals surface area contributed by atoms with Crippen molar-refractivity contribution in [1.82, 2.24) is 29.0 Å². The van der Waals surface area contributed by atoms with E-state index in [4.69, 9.17) is 11.6 Å². The van der Waals surface area contributed by atoms with Crippen LogP contribution in [0.2, 0.25) is 5.02 Å². The first kappa shape index (κ1) is 34.0. The second kappa shape index (κ2) is 14.3. The van der Waals surface area contributed by atoms with Gasteiger partial charge in [-0.15, -0.1) is 0 Å². The van der Waals surface area contributed by atoms with Gasteiger partial charge in [0.05, 0.1) is 21.8 Å². The average Bonchev–Trinajstić information content (AvgIpc) is 3.08. The van der Waals surface area contributed by atoms with Gasteiger partial charge in [0.2, 0.25) is 10.0 Å². The van der Waals surface area contributed by atoms with E-state index in [1.807, 2.05) is 18.7 Å². The van der Waals surface area contributed by atoms with E-state index in [9.17, 15) is 13.2 Å². The molecule has 11 heteroatoms. The number of aryl methyl sites for hydroxylation is 2. The first-order valence-electron chi connectivity index (χ1n) is 16.9. The highest BCUT2D eigenvalue weighted by Crippen LogP contribution is 2.35. The highest BCUT2D eigenvalue weighted by atomic mass is 35.5. The molecule has 47 heavy (non-hydrogen) atoms. The predicted molar refractivity (Wildman–Crippen MR) is 185 cm³/mol. The van der Waals surface area contributed by atoms with Crippen molar-refractivity contribution in [3.05, 3.63) is 88.5 Å². The number of likely N-dealkylation sites (tertiary alicyclic amines) is 2. The number of piperidine rings is 3. The van der Waals surface area contributed by atoms with Gasteiger partial charge in [0.15, 0.2) is 0 Å². The maximum absolute atomic E-state index is 13.4. The second-order valence-electron chi connectivity index (χ2n) is 13.7. The summed E-state index contributed by atoms with van der Waals surface area (Å²) in [6.07, 6.45) is 7.18. The largest absolute Gasteiger partial charge is 0.338 e. The Hall–Kier alpha value is -2.89. The van der Waals surface area contributed by atoms with E-state index in [2.05, 4.69) is 57.0 Å². The number of benzene rings is 2. The molecule has 0 aliphatic carbocycles. The zero-order chi connectivity index (χ0) is 33.2. The summed E-state index contributed by atoms with van der Waals surface area (Å²) in [4.78, 5) is 29.5. The Morgan fingerprint density at radius 2 is 1.47 bits per heavy atom. The van der Waals surface area contributed by atoms with Gasteiger partial charge in [-0.05, 0) is 83.1 Å². The van der Waals surface area contributed by atoms with Crippen LogP contribution in [0.25, 0.3) is 0 Å². The highest BCUT2D eigenvalue weighted by Gasteiger charge is 2.41. The Morgan fingerprint density at radius 3 is 2.06 bits per heavy atom. The van der Waals surface area contributed by atoms with Crippen molar-refractivity contribution in [3.8, 4) is 0 Å². The van der Waals surface area contributed by atoms with Crippen LogP contribution in [0.15, 0.2) is 65.8 Å². The molecular formula is C36H47ClN6O3S. The molecular weight excluding hydrogens is 632 g/mol. The van der Waals surface area contributed by atoms with Gasteiger partial charge < -0.3 is 4.90 Å². The lowest BCUT2D eigenvalue weighted by atomic mass is 9.84. The maximum Gasteiger partial charge on any atom is 0.257 e. The van der Waals surface area contributed by atoms with Crippen LogP contribution in [0.4, 0.5) is 0 Å². The van der Waals surface area contributed by atoms with E-state index in [-0.39, 0.29) is 16.3 Å². The van der Waals surface area contributed by atoms with Crippen molar-refractivity contribution in [2.24, 2.45) is 0 Å². The number of amides is 1. The summed E-state index contributed by atoms with van der Waals surface area (Å²) in [7, 11) is -3.58. The van der Waals surface area contributed by atoms with Gasteiger partial charge in [0.25, 0.3) is 5.91 Å². The number of rotatable bonds is 8. The highest BCUT2D eigenvalue weighted by molar-refractivity contribution is 7.89. The van der Waals surface area contributed by atoms with Crippen LogP contribution in [-0.4, -0.2) is 100 Å². The Morgan fingerprint density at radius 1 is 0.872 bits per heavy atom. The molecule has 0 atom stereocenters. The van der Waals surface area contributed by atoms with E-state index < -0.39 is 10.0 Å². The predicted octanol–water partition coefficient (Wildman–Crippen LogP) is 5.56. The van der Waals surface area contributed by atoms with Crippen molar-refractivity contribution < 1.29 is 13.2 Å². The Kier molecular flexibility index (Phi) is 10.3. The van der Waals surface area contributed by atoms with E-state index in [1.165, 1.54) is 11.9 Å². The van der Waals surface area contributed by atoms with Gasteiger partial charge >= 0.3 is 0 Å². The molecule has 0 radical (unpaired) electrons. The van der Waals surface area contributed by atoms with Crippen molar-refractivity contribution in [2.45, 2.75) is 88.4 Å². The third-order valence-electron chi connectivity index (χ3n) is 10.8. The lowest BCUT2D eigenvalue weighted by Gasteiger charge is -2.51. The Labute approximate surface area is 285 Å². The molecule has 0 bridgehead atoms. The minimum Gasteiger partial charge on any atom is -0.338 e. The summed E-state index contributed by atoms with van der Waals surface area (Å²) < 4.78 is 28.4. The average molecular weight is 679 g/mol. The lowest BCUT2D eigenvalue weighted by molar-refractivity contribution is -0.0118. The van der Waals surface area contributed by atoms with Crippen molar-refractivity contribution in [2.75, 3.05) is 39.3 Å². The van der Waals surface area contributed by atoms with Crippen LogP contribution < -0.4 is 0 Å². The molecule has 0 saturated carbocycles. The molecule has 1 amide bonds. The first-order chi connectivity index (χ1) is 22.5. The number of sulfonamides is 1. The lowest BCUT2D eigenvalue weighted by Crippen LogP contribution is -2.59. The summed E-state index contributed by atoms with van der Waals surface area (Å²) in [6, 6.07) is 18.0. The van der Waals surface area contributed by atoms with Gasteiger partial charge in [-0.1, -0.05) is 48.0 Å². The summed E-state index contributed by atoms with van der Waals surface area (Å²) in [5, 5.41) is 0.432. The molecule has 3 aliphatic rings. The number of hydrogen-bond acceptors (Lipinski definition) is 7. The van der Waals surface area contributed by atoms with Crippen LogP contribution in [0, 0.1) is 13.8 Å². The smallest absolute Gasteiger partial charge is 0.257 e. The fourth-order valence-corrected chi connectivity index (χ4v) is 9.62. The minimum atomic E-state index is -3.58. The summed E-state index contributed by atoms with van der Waals surface area (Å²) in [5.41, 5.74) is 3.48. The molecule has 9 nitrogen and oxygen atoms in total. The molecule has 4 heterocycles. The van der Waals surface area contributed by atoms with Crippen LogP contribution in [0.5, 0.6) is 0 Å². The molecule has 3 aliphatic heterocycles. The molecule has 0 spiro atoms. The SMILES string of the molecule is Cc1ncnc(C)c1C(=O)N1CCC(C)(N2CCC(N(Cc3ccccc3)C3CCN(S(=O)(=O)c4cccc(Cl)c4)CC3)CC2)CC1. The molecule has 0 N–H and O–H groups in total. The standard InChI is InChI=1S/C36H47ClN6O3S/c1-27-34(28(2)39-26-38-27)35(44)40-22-16-36(3,17-23-40)41-18-12-31(13-19-41)43(25-29-8-5-4-6-9-29)32-14-20-42(21-15-32)47(45,46)33-11-7-10-30(37)24-33/h4-11,24,26,31-32H,12-23,25H2,1-3H3. The third-order valence-corrected chi connectivity index (χ3v) is 12.9. The third kappa shape index (κ3) is 7.42.